The van der Waals surface area contributed by atoms with Gasteiger partial charge < -0.3 is 10.1 Å². The summed E-state index contributed by atoms with van der Waals surface area (Å²) in [7, 11) is 1.61. The molecular formula is C8H14ClNO2. The average molecular weight is 192 g/mol. The van der Waals surface area contributed by atoms with Crippen molar-refractivity contribution in [3.05, 3.63) is 11.6 Å². The first-order chi connectivity index (χ1) is 5.66. The van der Waals surface area contributed by atoms with Gasteiger partial charge in [-0.2, -0.15) is 0 Å². The Hall–Kier alpha value is -0.540. The predicted octanol–water partition coefficient (Wildman–Crippen LogP) is 1.28. The lowest BCUT2D eigenvalue weighted by molar-refractivity contribution is -0.121. The summed E-state index contributed by atoms with van der Waals surface area (Å²) in [6.07, 6.45) is 1.20. The Labute approximate surface area is 77.7 Å². The molecule has 1 N–H and O–H groups in total. The zero-order valence-electron chi connectivity index (χ0n) is 7.23. The lowest BCUT2D eigenvalue weighted by Crippen LogP contribution is -2.24. The number of hydrogen-bond acceptors (Lipinski definition) is 2. The first-order valence-corrected chi connectivity index (χ1v) is 4.13. The van der Waals surface area contributed by atoms with Crippen molar-refractivity contribution in [2.24, 2.45) is 0 Å². The van der Waals surface area contributed by atoms with Crippen LogP contribution in [0.4, 0.5) is 0 Å². The molecule has 0 aliphatic carbocycles. The monoisotopic (exact) mass is 191 g/mol. The average Bonchev–Trinajstić information content (AvgIpc) is 2.01. The maximum Gasteiger partial charge on any atom is 0.220 e. The zero-order valence-corrected chi connectivity index (χ0v) is 7.99. The third-order valence-electron chi connectivity index (χ3n) is 1.23. The maximum atomic E-state index is 11.0. The highest BCUT2D eigenvalue weighted by atomic mass is 35.5. The number of methoxy groups -OCH3 is 1. The number of ether oxygens (including phenoxy) is 1. The van der Waals surface area contributed by atoms with Crippen molar-refractivity contribution < 1.29 is 9.53 Å². The van der Waals surface area contributed by atoms with Gasteiger partial charge in [0.25, 0.3) is 0 Å². The van der Waals surface area contributed by atoms with E-state index in [0.29, 0.717) is 24.6 Å². The van der Waals surface area contributed by atoms with Gasteiger partial charge >= 0.3 is 0 Å². The number of nitrogens with one attached hydrogen (secondary N) is 1. The standard InChI is InChI=1S/C8H14ClNO2/c1-7(9)6-10-8(11)4-3-5-12-2/h1,3-6H2,2H3,(H,10,11). The summed E-state index contributed by atoms with van der Waals surface area (Å²) in [5.41, 5.74) is 0. The Kier molecular flexibility index (Phi) is 6.81. The van der Waals surface area contributed by atoms with Crippen LogP contribution in [0.25, 0.3) is 0 Å². The minimum Gasteiger partial charge on any atom is -0.385 e. The number of halogens is 1. The Morgan fingerprint density at radius 3 is 2.83 bits per heavy atom. The van der Waals surface area contributed by atoms with E-state index in [1.807, 2.05) is 0 Å². The van der Waals surface area contributed by atoms with E-state index in [-0.39, 0.29) is 5.91 Å². The van der Waals surface area contributed by atoms with Gasteiger partial charge in [-0.15, -0.1) is 0 Å². The van der Waals surface area contributed by atoms with E-state index in [2.05, 4.69) is 11.9 Å². The summed E-state index contributed by atoms with van der Waals surface area (Å²) in [6.45, 7) is 4.40. The molecule has 4 heteroatoms. The molecule has 0 fully saturated rings. The quantitative estimate of drug-likeness (QED) is 0.643. The highest BCUT2D eigenvalue weighted by Gasteiger charge is 1.99. The van der Waals surface area contributed by atoms with Gasteiger partial charge in [-0.25, -0.2) is 0 Å². The molecular weight excluding hydrogens is 178 g/mol. The minimum absolute atomic E-state index is 0.0196. The molecule has 0 aromatic carbocycles. The van der Waals surface area contributed by atoms with E-state index in [1.54, 1.807) is 7.11 Å². The second kappa shape index (κ2) is 7.13. The molecule has 1 amide bonds. The number of carbonyl (C=O) groups excluding carboxylic acids is 1. The Morgan fingerprint density at radius 1 is 1.67 bits per heavy atom. The van der Waals surface area contributed by atoms with Gasteiger partial charge in [0.15, 0.2) is 0 Å². The van der Waals surface area contributed by atoms with Crippen LogP contribution in [0.3, 0.4) is 0 Å². The molecule has 0 bridgehead atoms. The van der Waals surface area contributed by atoms with Crippen LogP contribution in [0.15, 0.2) is 11.6 Å². The third kappa shape index (κ3) is 7.57. The van der Waals surface area contributed by atoms with E-state index in [0.717, 1.165) is 6.42 Å². The number of hydrogen-bond donors (Lipinski definition) is 1. The van der Waals surface area contributed by atoms with Crippen LogP contribution in [0.2, 0.25) is 0 Å². The number of amides is 1. The molecule has 70 valence electrons. The van der Waals surface area contributed by atoms with Gasteiger partial charge in [0.2, 0.25) is 5.91 Å². The first kappa shape index (κ1) is 11.5. The highest BCUT2D eigenvalue weighted by Crippen LogP contribution is 1.94. The summed E-state index contributed by atoms with van der Waals surface area (Å²) in [4.78, 5) is 11.0. The van der Waals surface area contributed by atoms with Crippen LogP contribution in [-0.4, -0.2) is 26.2 Å². The van der Waals surface area contributed by atoms with Gasteiger partial charge in [0, 0.05) is 25.2 Å². The lowest BCUT2D eigenvalue weighted by Gasteiger charge is -2.02. The fourth-order valence-corrected chi connectivity index (χ4v) is 0.727. The van der Waals surface area contributed by atoms with Crippen molar-refractivity contribution in [1.29, 1.82) is 0 Å². The molecule has 0 spiro atoms. The van der Waals surface area contributed by atoms with Crippen LogP contribution in [-0.2, 0) is 9.53 Å². The SMILES string of the molecule is C=C(Cl)CNC(=O)CCCOC. The molecule has 3 nitrogen and oxygen atoms in total. The Morgan fingerprint density at radius 2 is 2.33 bits per heavy atom. The Balaban J connectivity index is 3.28. The van der Waals surface area contributed by atoms with Gasteiger partial charge in [-0.3, -0.25) is 4.79 Å². The van der Waals surface area contributed by atoms with E-state index in [1.165, 1.54) is 0 Å². The van der Waals surface area contributed by atoms with Crippen molar-refractivity contribution >= 4 is 17.5 Å². The van der Waals surface area contributed by atoms with E-state index >= 15 is 0 Å². The number of carbonyl (C=O) groups is 1. The van der Waals surface area contributed by atoms with Crippen LogP contribution in [0.5, 0.6) is 0 Å². The third-order valence-corrected chi connectivity index (χ3v) is 1.36. The molecule has 0 radical (unpaired) electrons. The predicted molar refractivity (Wildman–Crippen MR) is 49.1 cm³/mol. The van der Waals surface area contributed by atoms with Crippen LogP contribution in [0.1, 0.15) is 12.8 Å². The molecule has 0 saturated carbocycles. The fourth-order valence-electron chi connectivity index (χ4n) is 0.660. The maximum absolute atomic E-state index is 11.0. The first-order valence-electron chi connectivity index (χ1n) is 3.75. The van der Waals surface area contributed by atoms with Crippen molar-refractivity contribution in [2.45, 2.75) is 12.8 Å². The van der Waals surface area contributed by atoms with E-state index < -0.39 is 0 Å². The van der Waals surface area contributed by atoms with Crippen LogP contribution >= 0.6 is 11.6 Å². The lowest BCUT2D eigenvalue weighted by atomic mass is 10.3. The second-order valence-electron chi connectivity index (χ2n) is 2.39. The van der Waals surface area contributed by atoms with Gasteiger partial charge in [0.05, 0.1) is 6.54 Å². The summed E-state index contributed by atoms with van der Waals surface area (Å²) in [6, 6.07) is 0. The summed E-state index contributed by atoms with van der Waals surface area (Å²) in [5, 5.41) is 3.05. The Bertz CT molecular complexity index is 159. The van der Waals surface area contributed by atoms with Crippen molar-refractivity contribution in [2.75, 3.05) is 20.3 Å². The van der Waals surface area contributed by atoms with Crippen LogP contribution in [0, 0.1) is 0 Å². The van der Waals surface area contributed by atoms with Gasteiger partial charge in [0.1, 0.15) is 0 Å². The molecule has 12 heavy (non-hydrogen) atoms. The molecule has 0 aromatic rings. The molecule has 0 heterocycles. The topological polar surface area (TPSA) is 38.3 Å². The molecule has 0 atom stereocenters. The van der Waals surface area contributed by atoms with Crippen molar-refractivity contribution in [3.8, 4) is 0 Å². The zero-order chi connectivity index (χ0) is 9.40. The van der Waals surface area contributed by atoms with Gasteiger partial charge in [-0.1, -0.05) is 18.2 Å². The normalized spacial score (nSPS) is 9.50. The van der Waals surface area contributed by atoms with Crippen molar-refractivity contribution in [3.63, 3.8) is 0 Å². The van der Waals surface area contributed by atoms with Crippen LogP contribution < -0.4 is 5.32 Å². The van der Waals surface area contributed by atoms with E-state index in [9.17, 15) is 4.79 Å². The molecule has 0 aromatic heterocycles. The largest absolute Gasteiger partial charge is 0.385 e. The van der Waals surface area contributed by atoms with Crippen molar-refractivity contribution in [1.82, 2.24) is 5.32 Å². The van der Waals surface area contributed by atoms with E-state index in [4.69, 9.17) is 16.3 Å². The summed E-state index contributed by atoms with van der Waals surface area (Å²) in [5.74, 6) is -0.0196. The van der Waals surface area contributed by atoms with Gasteiger partial charge in [-0.05, 0) is 6.42 Å². The highest BCUT2D eigenvalue weighted by molar-refractivity contribution is 6.29. The fraction of sp³-hybridized carbons (Fsp3) is 0.625. The summed E-state index contributed by atoms with van der Waals surface area (Å²) < 4.78 is 4.79. The molecule has 0 unspecified atom stereocenters. The minimum atomic E-state index is -0.0196. The summed E-state index contributed by atoms with van der Waals surface area (Å²) >= 11 is 5.45. The number of rotatable bonds is 6. The molecule has 0 saturated heterocycles. The molecule has 0 rings (SSSR count). The molecule has 0 aliphatic rings. The molecule has 0 aliphatic heterocycles. The second-order valence-corrected chi connectivity index (χ2v) is 2.92. The smallest absolute Gasteiger partial charge is 0.220 e.